The van der Waals surface area contributed by atoms with E-state index in [2.05, 4.69) is 35.4 Å². The molecule has 3 aliphatic rings. The molecule has 5 nitrogen and oxygen atoms in total. The maximum Gasteiger partial charge on any atom is 0.272 e. The number of pyridine rings is 1. The minimum Gasteiger partial charge on any atom is -0.492 e. The van der Waals surface area contributed by atoms with Crippen molar-refractivity contribution in [3.05, 3.63) is 58.9 Å². The Morgan fingerprint density at radius 3 is 2.73 bits per heavy atom. The molecule has 33 heavy (non-hydrogen) atoms. The normalized spacial score (nSPS) is 20.7. The molecule has 1 amide bonds. The van der Waals surface area contributed by atoms with E-state index < -0.39 is 0 Å². The molecule has 1 N–H and O–H groups in total. The number of fused-ring (bicyclic) bond motifs is 1. The van der Waals surface area contributed by atoms with Gasteiger partial charge in [0.1, 0.15) is 11.4 Å². The van der Waals surface area contributed by atoms with Crippen LogP contribution in [-0.4, -0.2) is 42.0 Å². The zero-order chi connectivity index (χ0) is 22.8. The molecule has 2 saturated carbocycles. The van der Waals surface area contributed by atoms with Crippen LogP contribution in [0.4, 0.5) is 0 Å². The molecule has 1 heterocycles. The van der Waals surface area contributed by atoms with E-state index in [-0.39, 0.29) is 11.9 Å². The second-order valence-corrected chi connectivity index (χ2v) is 10.5. The molecular formula is C28H37N3O2. The summed E-state index contributed by atoms with van der Waals surface area (Å²) in [7, 11) is 1.91. The van der Waals surface area contributed by atoms with E-state index in [0.717, 1.165) is 44.7 Å². The van der Waals surface area contributed by atoms with Crippen LogP contribution in [0.15, 0.2) is 36.5 Å². The van der Waals surface area contributed by atoms with Gasteiger partial charge in [0.05, 0.1) is 12.8 Å². The summed E-state index contributed by atoms with van der Waals surface area (Å²) in [6.45, 7) is 5.15. The SMILES string of the molecule is CCC1(CNCc2ccc3c(c2)CC[C@H](N(C)C(=O)c2ccc(OCC4CC4)cn2)C3)CC1. The third-order valence-corrected chi connectivity index (χ3v) is 8.02. The van der Waals surface area contributed by atoms with Crippen LogP contribution in [0, 0.1) is 11.3 Å². The lowest BCUT2D eigenvalue weighted by molar-refractivity contribution is 0.0713. The van der Waals surface area contributed by atoms with E-state index >= 15 is 0 Å². The zero-order valence-corrected chi connectivity index (χ0v) is 20.1. The molecule has 3 aliphatic carbocycles. The van der Waals surface area contributed by atoms with Gasteiger partial charge in [0, 0.05) is 26.2 Å². The molecule has 0 unspecified atom stereocenters. The minimum atomic E-state index is -0.0112. The Morgan fingerprint density at radius 2 is 2.03 bits per heavy atom. The minimum absolute atomic E-state index is 0.0112. The van der Waals surface area contributed by atoms with Gasteiger partial charge in [-0.25, -0.2) is 4.98 Å². The van der Waals surface area contributed by atoms with Crippen molar-refractivity contribution in [2.24, 2.45) is 11.3 Å². The number of aryl methyl sites for hydroxylation is 1. The smallest absolute Gasteiger partial charge is 0.272 e. The molecule has 1 atom stereocenters. The van der Waals surface area contributed by atoms with E-state index in [1.54, 1.807) is 12.3 Å². The van der Waals surface area contributed by atoms with Crippen molar-refractivity contribution >= 4 is 5.91 Å². The first-order valence-electron chi connectivity index (χ1n) is 12.7. The first kappa shape index (κ1) is 22.4. The maximum atomic E-state index is 13.0. The van der Waals surface area contributed by atoms with Gasteiger partial charge in [-0.1, -0.05) is 25.1 Å². The highest BCUT2D eigenvalue weighted by molar-refractivity contribution is 5.92. The topological polar surface area (TPSA) is 54.5 Å². The van der Waals surface area contributed by atoms with Crippen LogP contribution in [0.1, 0.15) is 72.6 Å². The molecule has 0 radical (unpaired) electrons. The molecule has 176 valence electrons. The van der Waals surface area contributed by atoms with Crippen LogP contribution in [-0.2, 0) is 19.4 Å². The van der Waals surface area contributed by atoms with Crippen molar-refractivity contribution in [3.63, 3.8) is 0 Å². The number of rotatable bonds is 10. The summed E-state index contributed by atoms with van der Waals surface area (Å²) >= 11 is 0. The average Bonchev–Trinajstić information content (AvgIpc) is 3.78. The summed E-state index contributed by atoms with van der Waals surface area (Å²) in [5.41, 5.74) is 5.26. The highest BCUT2D eigenvalue weighted by atomic mass is 16.5. The fraction of sp³-hybridized carbons (Fsp3) is 0.571. The number of nitrogens with zero attached hydrogens (tertiary/aromatic N) is 2. The molecule has 0 spiro atoms. The van der Waals surface area contributed by atoms with Crippen LogP contribution < -0.4 is 10.1 Å². The summed E-state index contributed by atoms with van der Waals surface area (Å²) in [4.78, 5) is 19.3. The quantitative estimate of drug-likeness (QED) is 0.570. The Hall–Kier alpha value is -2.40. The van der Waals surface area contributed by atoms with Crippen molar-refractivity contribution in [1.82, 2.24) is 15.2 Å². The average molecular weight is 448 g/mol. The van der Waals surface area contributed by atoms with Gasteiger partial charge in [-0.3, -0.25) is 4.79 Å². The van der Waals surface area contributed by atoms with E-state index in [1.165, 1.54) is 48.8 Å². The fourth-order valence-electron chi connectivity index (χ4n) is 4.97. The van der Waals surface area contributed by atoms with Gasteiger partial charge in [-0.15, -0.1) is 0 Å². The number of likely N-dealkylation sites (N-methyl/N-ethyl adjacent to an activating group) is 1. The molecule has 0 aliphatic heterocycles. The molecule has 2 aromatic rings. The standard InChI is InChI=1S/C28H37N3O2/c1-3-28(12-13-28)19-29-16-21-6-7-23-15-24(9-8-22(23)14-21)31(2)27(32)26-11-10-25(17-30-26)33-18-20-4-5-20/h6-7,10-11,14,17,20,24,29H,3-5,8-9,12-13,15-16,18-19H2,1-2H3/t24-/m0/s1. The van der Waals surface area contributed by atoms with Crippen molar-refractivity contribution in [3.8, 4) is 5.75 Å². The molecule has 2 fully saturated rings. The van der Waals surface area contributed by atoms with Gasteiger partial charge in [0.2, 0.25) is 0 Å². The highest BCUT2D eigenvalue weighted by Gasteiger charge is 2.39. The number of hydrogen-bond acceptors (Lipinski definition) is 4. The van der Waals surface area contributed by atoms with E-state index in [4.69, 9.17) is 4.74 Å². The number of ether oxygens (including phenoxy) is 1. The number of amides is 1. The van der Waals surface area contributed by atoms with E-state index in [0.29, 0.717) is 17.0 Å². The van der Waals surface area contributed by atoms with Crippen LogP contribution >= 0.6 is 0 Å². The van der Waals surface area contributed by atoms with Crippen molar-refractivity contribution in [1.29, 1.82) is 0 Å². The van der Waals surface area contributed by atoms with Gasteiger partial charge in [-0.2, -0.15) is 0 Å². The number of hydrogen-bond donors (Lipinski definition) is 1. The predicted molar refractivity (Wildman–Crippen MR) is 130 cm³/mol. The molecule has 1 aromatic heterocycles. The number of carbonyl (C=O) groups excluding carboxylic acids is 1. The van der Waals surface area contributed by atoms with Gasteiger partial charge >= 0.3 is 0 Å². The molecule has 0 bridgehead atoms. The van der Waals surface area contributed by atoms with Crippen molar-refractivity contribution in [2.45, 2.75) is 70.9 Å². The Morgan fingerprint density at radius 1 is 1.18 bits per heavy atom. The Kier molecular flexibility index (Phi) is 6.42. The third-order valence-electron chi connectivity index (χ3n) is 8.02. The summed E-state index contributed by atoms with van der Waals surface area (Å²) in [6, 6.07) is 10.8. The largest absolute Gasteiger partial charge is 0.492 e. The van der Waals surface area contributed by atoms with Gasteiger partial charge in [0.25, 0.3) is 5.91 Å². The number of benzene rings is 1. The van der Waals surface area contributed by atoms with Gasteiger partial charge < -0.3 is 15.0 Å². The summed E-state index contributed by atoms with van der Waals surface area (Å²) < 4.78 is 5.75. The molecular weight excluding hydrogens is 410 g/mol. The Balaban J connectivity index is 1.14. The lowest BCUT2D eigenvalue weighted by atomic mass is 9.86. The van der Waals surface area contributed by atoms with Crippen LogP contribution in [0.2, 0.25) is 0 Å². The third kappa shape index (κ3) is 5.40. The lowest BCUT2D eigenvalue weighted by Gasteiger charge is -2.32. The highest BCUT2D eigenvalue weighted by Crippen LogP contribution is 2.47. The van der Waals surface area contributed by atoms with Gasteiger partial charge in [-0.05, 0) is 91.5 Å². The molecule has 1 aromatic carbocycles. The van der Waals surface area contributed by atoms with Crippen LogP contribution in [0.25, 0.3) is 0 Å². The first-order chi connectivity index (χ1) is 16.0. The van der Waals surface area contributed by atoms with Crippen molar-refractivity contribution < 1.29 is 9.53 Å². The van der Waals surface area contributed by atoms with Crippen LogP contribution in [0.3, 0.4) is 0 Å². The number of aromatic nitrogens is 1. The summed E-state index contributed by atoms with van der Waals surface area (Å²) in [6.07, 6.45) is 11.2. The number of nitrogens with one attached hydrogen (secondary N) is 1. The van der Waals surface area contributed by atoms with Crippen LogP contribution in [0.5, 0.6) is 5.75 Å². The van der Waals surface area contributed by atoms with E-state index in [9.17, 15) is 4.79 Å². The molecule has 5 heteroatoms. The lowest BCUT2D eigenvalue weighted by Crippen LogP contribution is -2.41. The second kappa shape index (κ2) is 9.46. The first-order valence-corrected chi connectivity index (χ1v) is 12.7. The Labute approximate surface area is 197 Å². The zero-order valence-electron chi connectivity index (χ0n) is 20.1. The molecule has 0 saturated heterocycles. The number of carbonyl (C=O) groups is 1. The second-order valence-electron chi connectivity index (χ2n) is 10.5. The monoisotopic (exact) mass is 447 g/mol. The Bertz CT molecular complexity index is 979. The fourth-order valence-corrected chi connectivity index (χ4v) is 4.97. The maximum absolute atomic E-state index is 13.0. The van der Waals surface area contributed by atoms with Gasteiger partial charge in [0.15, 0.2) is 0 Å². The summed E-state index contributed by atoms with van der Waals surface area (Å²) in [5.74, 6) is 1.44. The van der Waals surface area contributed by atoms with E-state index in [1.807, 2.05) is 18.0 Å². The van der Waals surface area contributed by atoms with Crippen molar-refractivity contribution in [2.75, 3.05) is 20.2 Å². The predicted octanol–water partition coefficient (Wildman–Crippen LogP) is 4.78. The molecule has 5 rings (SSSR count). The summed E-state index contributed by atoms with van der Waals surface area (Å²) in [5, 5.41) is 3.67.